The van der Waals surface area contributed by atoms with E-state index in [0.29, 0.717) is 18.5 Å². The van der Waals surface area contributed by atoms with Crippen molar-refractivity contribution in [2.45, 2.75) is 58.0 Å². The molecule has 0 unspecified atom stereocenters. The number of thioether (sulfide) groups is 1. The van der Waals surface area contributed by atoms with E-state index in [2.05, 4.69) is 38.1 Å². The van der Waals surface area contributed by atoms with E-state index in [-0.39, 0.29) is 36.7 Å². The molecule has 0 saturated carbocycles. The Morgan fingerprint density at radius 3 is 2.18 bits per heavy atom. The van der Waals surface area contributed by atoms with Gasteiger partial charge < -0.3 is 14.5 Å². The number of carbonyl (C=O) groups is 2. The van der Waals surface area contributed by atoms with Gasteiger partial charge >= 0.3 is 12.0 Å². The van der Waals surface area contributed by atoms with E-state index in [4.69, 9.17) is 4.74 Å². The number of fused-ring (bicyclic) bond motifs is 1. The predicted molar refractivity (Wildman–Crippen MR) is 152 cm³/mol. The molecule has 6 heteroatoms. The van der Waals surface area contributed by atoms with Gasteiger partial charge in [0.1, 0.15) is 6.61 Å². The molecule has 3 atom stereocenters. The lowest BCUT2D eigenvalue weighted by Gasteiger charge is -2.29. The summed E-state index contributed by atoms with van der Waals surface area (Å²) in [6.07, 6.45) is 1.45. The number of esters is 1. The van der Waals surface area contributed by atoms with Crippen LogP contribution in [0.25, 0.3) is 0 Å². The topological polar surface area (TPSA) is 49.9 Å². The Morgan fingerprint density at radius 1 is 0.947 bits per heavy atom. The monoisotopic (exact) mass is 526 g/mol. The second-order valence-corrected chi connectivity index (χ2v) is 10.9. The zero-order chi connectivity index (χ0) is 26.5. The highest BCUT2D eigenvalue weighted by molar-refractivity contribution is 8.03. The van der Waals surface area contributed by atoms with Crippen LogP contribution in [0.1, 0.15) is 49.4 Å². The van der Waals surface area contributed by atoms with Crippen LogP contribution >= 0.6 is 11.8 Å². The van der Waals surface area contributed by atoms with Gasteiger partial charge in [0, 0.05) is 22.8 Å². The third kappa shape index (κ3) is 5.37. The number of rotatable bonds is 9. The maximum atomic E-state index is 14.0. The summed E-state index contributed by atoms with van der Waals surface area (Å²) in [6, 6.07) is 29.8. The first kappa shape index (κ1) is 26.1. The quantitative estimate of drug-likeness (QED) is 0.172. The van der Waals surface area contributed by atoms with Gasteiger partial charge in [-0.3, -0.25) is 0 Å². The Bertz CT molecular complexity index is 1280. The van der Waals surface area contributed by atoms with Crippen LogP contribution in [0.5, 0.6) is 0 Å². The number of hydrogen-bond acceptors (Lipinski definition) is 4. The largest absolute Gasteiger partial charge is 0.457 e. The summed E-state index contributed by atoms with van der Waals surface area (Å²) in [5, 5.41) is 0. The van der Waals surface area contributed by atoms with Crippen LogP contribution in [-0.2, 0) is 22.7 Å². The smallest absolute Gasteiger partial charge is 0.335 e. The first-order chi connectivity index (χ1) is 18.6. The number of carbonyl (C=O) groups excluding carboxylic acids is 2. The third-order valence-corrected chi connectivity index (χ3v) is 8.66. The first-order valence-electron chi connectivity index (χ1n) is 13.3. The predicted octanol–water partition coefficient (Wildman–Crippen LogP) is 6.97. The van der Waals surface area contributed by atoms with E-state index < -0.39 is 0 Å². The molecule has 2 fully saturated rings. The number of benzene rings is 3. The van der Waals surface area contributed by atoms with Crippen molar-refractivity contribution in [1.29, 1.82) is 0 Å². The molecule has 2 aliphatic rings. The minimum absolute atomic E-state index is 0.0183. The van der Waals surface area contributed by atoms with Crippen LogP contribution < -0.4 is 0 Å². The molecule has 2 heterocycles. The van der Waals surface area contributed by atoms with Crippen LogP contribution in [0.4, 0.5) is 4.79 Å². The van der Waals surface area contributed by atoms with Crippen molar-refractivity contribution in [2.75, 3.05) is 5.75 Å². The van der Waals surface area contributed by atoms with Gasteiger partial charge in [0.25, 0.3) is 0 Å². The Morgan fingerprint density at radius 2 is 1.55 bits per heavy atom. The van der Waals surface area contributed by atoms with Gasteiger partial charge in [-0.25, -0.2) is 9.59 Å². The molecule has 0 N–H and O–H groups in total. The number of hydrogen-bond donors (Lipinski definition) is 0. The van der Waals surface area contributed by atoms with E-state index in [9.17, 15) is 9.59 Å². The van der Waals surface area contributed by atoms with Crippen molar-refractivity contribution in [2.24, 2.45) is 0 Å². The van der Waals surface area contributed by atoms with E-state index in [1.807, 2.05) is 76.5 Å². The average Bonchev–Trinajstić information content (AvgIpc) is 3.49. The Hall–Kier alpha value is -3.51. The summed E-state index contributed by atoms with van der Waals surface area (Å²) in [7, 11) is 0. The zero-order valence-electron chi connectivity index (χ0n) is 22.0. The molecule has 3 aromatic rings. The molecule has 0 aliphatic carbocycles. The summed E-state index contributed by atoms with van der Waals surface area (Å²) in [6.45, 7) is 4.92. The molecule has 2 aliphatic heterocycles. The fourth-order valence-corrected chi connectivity index (χ4v) is 6.97. The molecule has 2 saturated heterocycles. The van der Waals surface area contributed by atoms with Gasteiger partial charge in [-0.1, -0.05) is 104 Å². The summed E-state index contributed by atoms with van der Waals surface area (Å²) in [5.41, 5.74) is 3.86. The average molecular weight is 527 g/mol. The van der Waals surface area contributed by atoms with Gasteiger partial charge in [-0.05, 0) is 30.0 Å². The van der Waals surface area contributed by atoms with Crippen molar-refractivity contribution < 1.29 is 14.3 Å². The van der Waals surface area contributed by atoms with Gasteiger partial charge in [0.2, 0.25) is 0 Å². The van der Waals surface area contributed by atoms with E-state index in [0.717, 1.165) is 33.8 Å². The van der Waals surface area contributed by atoms with Crippen LogP contribution in [0.3, 0.4) is 0 Å². The number of ether oxygens (including phenoxy) is 1. The van der Waals surface area contributed by atoms with Crippen LogP contribution in [0.15, 0.2) is 101 Å². The second-order valence-electron chi connectivity index (χ2n) is 9.87. The molecule has 3 aromatic carbocycles. The maximum absolute atomic E-state index is 14.0. The fraction of sp³-hybridized carbons (Fsp3) is 0.312. The molecule has 5 rings (SSSR count). The van der Waals surface area contributed by atoms with Crippen molar-refractivity contribution >= 4 is 23.8 Å². The van der Waals surface area contributed by atoms with E-state index in [1.165, 1.54) is 0 Å². The van der Waals surface area contributed by atoms with Gasteiger partial charge in [-0.15, -0.1) is 11.8 Å². The van der Waals surface area contributed by atoms with E-state index in [1.54, 1.807) is 11.8 Å². The normalized spacial score (nSPS) is 20.8. The van der Waals surface area contributed by atoms with Crippen LogP contribution in [0.2, 0.25) is 0 Å². The lowest BCUT2D eigenvalue weighted by Crippen LogP contribution is -2.38. The van der Waals surface area contributed by atoms with E-state index >= 15 is 0 Å². The minimum atomic E-state index is -0.277. The highest BCUT2D eigenvalue weighted by Crippen LogP contribution is 2.47. The highest BCUT2D eigenvalue weighted by atomic mass is 32.2. The van der Waals surface area contributed by atoms with Gasteiger partial charge in [-0.2, -0.15) is 0 Å². The standard InChI is InChI=1S/C32H34N2O3S/c1-3-13-27(31(35)37-21-25-16-9-5-10-17-25)30-29-28(22-38-30)34(23(2)26-18-11-6-12-19-26)32(36)33(29)20-24-14-7-4-8-15-24/h4-12,14-19,23,28-29H,3,13,20-22H2,1-2H3/t23-,28+,29+/m1/s1. The number of amides is 2. The highest BCUT2D eigenvalue weighted by Gasteiger charge is 2.53. The lowest BCUT2D eigenvalue weighted by atomic mass is 10.0. The lowest BCUT2D eigenvalue weighted by molar-refractivity contribution is -0.140. The minimum Gasteiger partial charge on any atom is -0.457 e. The van der Waals surface area contributed by atoms with Crippen molar-refractivity contribution in [3.8, 4) is 0 Å². The third-order valence-electron chi connectivity index (χ3n) is 7.35. The van der Waals surface area contributed by atoms with Gasteiger partial charge in [0.15, 0.2) is 0 Å². The Balaban J connectivity index is 1.49. The van der Waals surface area contributed by atoms with Crippen molar-refractivity contribution in [3.63, 3.8) is 0 Å². The molecule has 5 nitrogen and oxygen atoms in total. The molecule has 0 radical (unpaired) electrons. The molecule has 38 heavy (non-hydrogen) atoms. The molecular formula is C32H34N2O3S. The SMILES string of the molecule is CCCC(C(=O)OCc1ccccc1)=C1SC[C@H]2[C@@H]1N(Cc1ccccc1)C(=O)N2[C@H](C)c1ccccc1. The van der Waals surface area contributed by atoms with Crippen molar-refractivity contribution in [1.82, 2.24) is 9.80 Å². The summed E-state index contributed by atoms with van der Waals surface area (Å²) < 4.78 is 5.80. The molecule has 0 aromatic heterocycles. The molecule has 0 spiro atoms. The second kappa shape index (κ2) is 11.9. The first-order valence-corrected chi connectivity index (χ1v) is 14.3. The van der Waals surface area contributed by atoms with Crippen LogP contribution in [0, 0.1) is 0 Å². The molecule has 0 bridgehead atoms. The molecular weight excluding hydrogens is 492 g/mol. The van der Waals surface area contributed by atoms with Gasteiger partial charge in [0.05, 0.1) is 18.1 Å². The summed E-state index contributed by atoms with van der Waals surface area (Å²) >= 11 is 1.71. The zero-order valence-corrected chi connectivity index (χ0v) is 22.8. The maximum Gasteiger partial charge on any atom is 0.335 e. The Labute approximate surface area is 229 Å². The summed E-state index contributed by atoms with van der Waals surface area (Å²) in [5.74, 6) is 0.480. The van der Waals surface area contributed by atoms with Crippen LogP contribution in [-0.4, -0.2) is 39.6 Å². The van der Waals surface area contributed by atoms with Crippen molar-refractivity contribution in [3.05, 3.63) is 118 Å². The summed E-state index contributed by atoms with van der Waals surface area (Å²) in [4.78, 5) is 32.5. The fourth-order valence-electron chi connectivity index (χ4n) is 5.46. The molecule has 196 valence electrons. The molecule has 2 amide bonds. The number of nitrogens with zero attached hydrogens (tertiary/aromatic N) is 2. The number of urea groups is 1. The Kier molecular flexibility index (Phi) is 8.18.